The lowest BCUT2D eigenvalue weighted by Crippen LogP contribution is -2.52. The van der Waals surface area contributed by atoms with Gasteiger partial charge in [-0.3, -0.25) is 29.5 Å². The van der Waals surface area contributed by atoms with E-state index < -0.39 is 11.9 Å². The number of likely N-dealkylation sites (tertiary alicyclic amines) is 1. The molecular weight excluding hydrogens is 456 g/mol. The van der Waals surface area contributed by atoms with Crippen LogP contribution in [0.4, 0.5) is 0 Å². The molecule has 2 saturated heterocycles. The van der Waals surface area contributed by atoms with Gasteiger partial charge in [0, 0.05) is 55.5 Å². The third kappa shape index (κ3) is 4.74. The third-order valence-electron chi connectivity index (χ3n) is 7.32. The number of carbonyl (C=O) groups is 4. The molecular formula is C28H28N4O4. The molecule has 0 saturated carbocycles. The van der Waals surface area contributed by atoms with Crippen LogP contribution in [0.2, 0.25) is 0 Å². The molecule has 0 spiro atoms. The van der Waals surface area contributed by atoms with Crippen LogP contribution in [-0.4, -0.2) is 57.5 Å². The quantitative estimate of drug-likeness (QED) is 0.531. The molecule has 36 heavy (non-hydrogen) atoms. The molecule has 4 amide bonds. The van der Waals surface area contributed by atoms with Gasteiger partial charge in [0.05, 0.1) is 6.42 Å². The van der Waals surface area contributed by atoms with Gasteiger partial charge in [0.1, 0.15) is 6.04 Å². The normalized spacial score (nSPS) is 20.0. The number of fused-ring (bicyclic) bond motifs is 1. The van der Waals surface area contributed by atoms with Crippen molar-refractivity contribution in [1.82, 2.24) is 20.1 Å². The van der Waals surface area contributed by atoms with Gasteiger partial charge in [-0.25, -0.2) is 0 Å². The Morgan fingerprint density at radius 3 is 2.69 bits per heavy atom. The van der Waals surface area contributed by atoms with E-state index >= 15 is 0 Å². The first kappa shape index (κ1) is 23.7. The molecule has 5 rings (SSSR count). The second-order valence-electron chi connectivity index (χ2n) is 9.63. The zero-order valence-corrected chi connectivity index (χ0v) is 20.3. The average molecular weight is 485 g/mol. The summed E-state index contributed by atoms with van der Waals surface area (Å²) in [6, 6.07) is 6.75. The zero-order chi connectivity index (χ0) is 25.2. The fourth-order valence-corrected chi connectivity index (χ4v) is 5.13. The van der Waals surface area contributed by atoms with E-state index in [1.165, 1.54) is 0 Å². The lowest BCUT2D eigenvalue weighted by Gasteiger charge is -2.30. The summed E-state index contributed by atoms with van der Waals surface area (Å²) in [6.07, 6.45) is 6.07. The van der Waals surface area contributed by atoms with Crippen molar-refractivity contribution in [1.29, 1.82) is 0 Å². The number of pyridine rings is 1. The van der Waals surface area contributed by atoms with E-state index in [2.05, 4.69) is 22.1 Å². The minimum Gasteiger partial charge on any atom is -0.342 e. The number of imide groups is 1. The second kappa shape index (κ2) is 9.94. The van der Waals surface area contributed by atoms with Crippen LogP contribution in [0.1, 0.15) is 58.3 Å². The first-order chi connectivity index (χ1) is 17.4. The largest absolute Gasteiger partial charge is 0.342 e. The highest BCUT2D eigenvalue weighted by Crippen LogP contribution is 2.29. The van der Waals surface area contributed by atoms with Gasteiger partial charge in [0.25, 0.3) is 5.91 Å². The minimum atomic E-state index is -0.638. The number of amides is 4. The van der Waals surface area contributed by atoms with E-state index in [1.54, 1.807) is 23.4 Å². The van der Waals surface area contributed by atoms with Crippen molar-refractivity contribution in [3.8, 4) is 11.8 Å². The smallest absolute Gasteiger partial charge is 0.255 e. The highest BCUT2D eigenvalue weighted by atomic mass is 16.2. The third-order valence-corrected chi connectivity index (χ3v) is 7.32. The fourth-order valence-electron chi connectivity index (χ4n) is 5.13. The van der Waals surface area contributed by atoms with E-state index in [-0.39, 0.29) is 30.1 Å². The molecule has 184 valence electrons. The number of piperidine rings is 2. The van der Waals surface area contributed by atoms with Gasteiger partial charge in [-0.1, -0.05) is 17.9 Å². The highest BCUT2D eigenvalue weighted by Gasteiger charge is 2.39. The van der Waals surface area contributed by atoms with Crippen molar-refractivity contribution in [2.24, 2.45) is 5.92 Å². The average Bonchev–Trinajstić information content (AvgIpc) is 3.21. The second-order valence-corrected chi connectivity index (χ2v) is 9.63. The molecule has 0 bridgehead atoms. The lowest BCUT2D eigenvalue weighted by molar-refractivity contribution is -0.137. The van der Waals surface area contributed by atoms with Crippen molar-refractivity contribution in [2.45, 2.75) is 51.6 Å². The van der Waals surface area contributed by atoms with Crippen LogP contribution in [0.15, 0.2) is 36.7 Å². The molecule has 4 heterocycles. The number of nitrogens with zero attached hydrogens (tertiary/aromatic N) is 3. The zero-order valence-electron chi connectivity index (χ0n) is 20.3. The summed E-state index contributed by atoms with van der Waals surface area (Å²) in [7, 11) is 0. The van der Waals surface area contributed by atoms with Crippen LogP contribution in [-0.2, 0) is 27.3 Å². The first-order valence-electron chi connectivity index (χ1n) is 12.4. The Kier molecular flexibility index (Phi) is 6.55. The van der Waals surface area contributed by atoms with E-state index in [0.29, 0.717) is 38.0 Å². The Morgan fingerprint density at radius 2 is 1.94 bits per heavy atom. The highest BCUT2D eigenvalue weighted by molar-refractivity contribution is 6.05. The van der Waals surface area contributed by atoms with E-state index in [1.807, 2.05) is 30.0 Å². The molecule has 3 aliphatic rings. The van der Waals surface area contributed by atoms with Crippen LogP contribution in [0.25, 0.3) is 0 Å². The molecule has 2 aromatic rings. The Morgan fingerprint density at radius 1 is 1.14 bits per heavy atom. The monoisotopic (exact) mass is 484 g/mol. The Hall–Kier alpha value is -3.99. The number of hydrogen-bond donors (Lipinski definition) is 1. The molecule has 1 aromatic heterocycles. The standard InChI is InChI=1S/C28H28N4O4/c1-18-16-29-12-9-21(18)15-26(34)31-13-10-19(11-14-31)5-6-20-3-2-4-22-23(20)17-32(28(22)36)24-7-8-25(33)30-27(24)35/h2-4,9,12,16,19,24H,7-8,10-11,13-15,17H2,1H3,(H,30,33,35). The summed E-state index contributed by atoms with van der Waals surface area (Å²) in [5.41, 5.74) is 4.23. The molecule has 8 nitrogen and oxygen atoms in total. The predicted octanol–water partition coefficient (Wildman–Crippen LogP) is 1.98. The summed E-state index contributed by atoms with van der Waals surface area (Å²) in [5.74, 6) is 6.03. The van der Waals surface area contributed by atoms with E-state index in [0.717, 1.165) is 35.1 Å². The Bertz CT molecular complexity index is 1300. The summed E-state index contributed by atoms with van der Waals surface area (Å²) in [6.45, 7) is 3.63. The van der Waals surface area contributed by atoms with Crippen molar-refractivity contribution >= 4 is 23.6 Å². The molecule has 1 unspecified atom stereocenters. The summed E-state index contributed by atoms with van der Waals surface area (Å²) < 4.78 is 0. The van der Waals surface area contributed by atoms with E-state index in [4.69, 9.17) is 0 Å². The van der Waals surface area contributed by atoms with E-state index in [9.17, 15) is 19.2 Å². The number of benzene rings is 1. The van der Waals surface area contributed by atoms with Gasteiger partial charge >= 0.3 is 0 Å². The molecule has 2 fully saturated rings. The van der Waals surface area contributed by atoms with Crippen molar-refractivity contribution in [3.05, 3.63) is 64.5 Å². The van der Waals surface area contributed by atoms with Crippen LogP contribution in [0.3, 0.4) is 0 Å². The lowest BCUT2D eigenvalue weighted by atomic mass is 9.95. The van der Waals surface area contributed by atoms with Crippen molar-refractivity contribution in [3.63, 3.8) is 0 Å². The molecule has 1 aromatic carbocycles. The fraction of sp³-hybridized carbons (Fsp3) is 0.393. The maximum Gasteiger partial charge on any atom is 0.255 e. The number of carbonyl (C=O) groups excluding carboxylic acids is 4. The topological polar surface area (TPSA) is 99.7 Å². The van der Waals surface area contributed by atoms with Gasteiger partial charge < -0.3 is 9.80 Å². The number of aromatic nitrogens is 1. The predicted molar refractivity (Wildman–Crippen MR) is 131 cm³/mol. The Balaban J connectivity index is 1.22. The molecule has 8 heteroatoms. The maximum atomic E-state index is 13.0. The van der Waals surface area contributed by atoms with Crippen LogP contribution in [0, 0.1) is 24.7 Å². The van der Waals surface area contributed by atoms with Gasteiger partial charge in [0.15, 0.2) is 0 Å². The number of rotatable bonds is 3. The van der Waals surface area contributed by atoms with Gasteiger partial charge in [-0.05, 0) is 61.1 Å². The molecule has 0 radical (unpaired) electrons. The first-order valence-corrected chi connectivity index (χ1v) is 12.4. The molecule has 1 N–H and O–H groups in total. The van der Waals surface area contributed by atoms with Crippen molar-refractivity contribution in [2.75, 3.05) is 13.1 Å². The minimum absolute atomic E-state index is 0.128. The van der Waals surface area contributed by atoms with Crippen LogP contribution in [0.5, 0.6) is 0 Å². The summed E-state index contributed by atoms with van der Waals surface area (Å²) >= 11 is 0. The molecule has 3 aliphatic heterocycles. The number of hydrogen-bond acceptors (Lipinski definition) is 5. The maximum absolute atomic E-state index is 13.0. The van der Waals surface area contributed by atoms with Crippen molar-refractivity contribution < 1.29 is 19.2 Å². The molecule has 1 atom stereocenters. The summed E-state index contributed by atoms with van der Waals surface area (Å²) in [5, 5.41) is 2.33. The number of nitrogens with one attached hydrogen (secondary N) is 1. The van der Waals surface area contributed by atoms with Crippen LogP contribution >= 0.6 is 0 Å². The van der Waals surface area contributed by atoms with Gasteiger partial charge in [-0.2, -0.15) is 0 Å². The SMILES string of the molecule is Cc1cnccc1CC(=O)N1CCC(C#Cc2cccc3c2CN(C2CCC(=O)NC2=O)C3=O)CC1. The van der Waals surface area contributed by atoms with Gasteiger partial charge in [0.2, 0.25) is 17.7 Å². The molecule has 0 aliphatic carbocycles. The number of aryl methyl sites for hydroxylation is 1. The Labute approximate surface area is 210 Å². The van der Waals surface area contributed by atoms with Crippen LogP contribution < -0.4 is 5.32 Å². The van der Waals surface area contributed by atoms with Gasteiger partial charge in [-0.15, -0.1) is 0 Å². The summed E-state index contributed by atoms with van der Waals surface area (Å²) in [4.78, 5) is 57.1.